The molecule has 1 atom stereocenters. The predicted molar refractivity (Wildman–Crippen MR) is 126 cm³/mol. The van der Waals surface area contributed by atoms with Crippen molar-refractivity contribution in [1.82, 2.24) is 30.2 Å². The van der Waals surface area contributed by atoms with E-state index in [9.17, 15) is 4.79 Å². The molecule has 1 saturated heterocycles. The van der Waals surface area contributed by atoms with Crippen LogP contribution in [0.2, 0.25) is 0 Å². The summed E-state index contributed by atoms with van der Waals surface area (Å²) < 4.78 is 17.5. The molecule has 0 bridgehead atoms. The first-order valence-corrected chi connectivity index (χ1v) is 11.3. The van der Waals surface area contributed by atoms with Crippen molar-refractivity contribution in [2.45, 2.75) is 19.4 Å². The van der Waals surface area contributed by atoms with Crippen molar-refractivity contribution in [2.75, 3.05) is 47.1 Å². The Morgan fingerprint density at radius 2 is 1.85 bits per heavy atom. The minimum atomic E-state index is -0.170. The van der Waals surface area contributed by atoms with Gasteiger partial charge in [0.2, 0.25) is 5.88 Å². The molecule has 10 nitrogen and oxygen atoms in total. The average Bonchev–Trinajstić information content (AvgIpc) is 3.34. The minimum Gasteiger partial charge on any atom is -0.497 e. The number of morpholine rings is 1. The van der Waals surface area contributed by atoms with E-state index in [0.717, 1.165) is 30.1 Å². The Bertz CT molecular complexity index is 1080. The van der Waals surface area contributed by atoms with Gasteiger partial charge in [0, 0.05) is 25.7 Å². The van der Waals surface area contributed by atoms with Crippen LogP contribution in [0, 0.1) is 0 Å². The summed E-state index contributed by atoms with van der Waals surface area (Å²) in [6.07, 6.45) is 2.19. The van der Waals surface area contributed by atoms with Crippen molar-refractivity contribution in [3.63, 3.8) is 0 Å². The summed E-state index contributed by atoms with van der Waals surface area (Å²) >= 11 is 0. The molecule has 1 aromatic carbocycles. The molecule has 1 amide bonds. The molecule has 34 heavy (non-hydrogen) atoms. The van der Waals surface area contributed by atoms with Crippen LogP contribution in [-0.2, 0) is 11.2 Å². The minimum absolute atomic E-state index is 0.0198. The van der Waals surface area contributed by atoms with Crippen molar-refractivity contribution in [1.29, 1.82) is 0 Å². The molecule has 3 aromatic rings. The van der Waals surface area contributed by atoms with Crippen LogP contribution in [0.3, 0.4) is 0 Å². The number of nitrogens with one attached hydrogen (secondary N) is 1. The Kier molecular flexibility index (Phi) is 7.71. The lowest BCUT2D eigenvalue weighted by Gasteiger charge is -2.35. The van der Waals surface area contributed by atoms with E-state index in [1.165, 1.54) is 7.11 Å². The molecule has 180 valence electrons. The highest BCUT2D eigenvalue weighted by Crippen LogP contribution is 2.24. The van der Waals surface area contributed by atoms with E-state index in [0.29, 0.717) is 43.4 Å². The third-order valence-corrected chi connectivity index (χ3v) is 5.94. The quantitative estimate of drug-likeness (QED) is 0.511. The van der Waals surface area contributed by atoms with Crippen molar-refractivity contribution < 1.29 is 19.0 Å². The monoisotopic (exact) mass is 466 g/mol. The van der Waals surface area contributed by atoms with Gasteiger partial charge in [0.25, 0.3) is 5.91 Å². The van der Waals surface area contributed by atoms with Gasteiger partial charge in [-0.15, -0.1) is 10.2 Å². The predicted octanol–water partition coefficient (Wildman–Crippen LogP) is 2.05. The number of hydrogen-bond acceptors (Lipinski definition) is 8. The Hall–Kier alpha value is -3.50. The van der Waals surface area contributed by atoms with E-state index in [1.807, 2.05) is 31.2 Å². The number of carbonyl (C=O) groups excluding carboxylic acids is 1. The molecule has 1 N–H and O–H groups in total. The molecule has 1 aliphatic heterocycles. The SMILES string of the molecule is CCc1c(C(=O)NCC(c2ccc(OC)cc2)N2CCOCC2)cnn1-c1ccc(OC)nn1. The molecule has 10 heteroatoms. The number of nitrogens with zero attached hydrogens (tertiary/aromatic N) is 5. The lowest BCUT2D eigenvalue weighted by molar-refractivity contribution is 0.0162. The molecule has 4 rings (SSSR count). The van der Waals surface area contributed by atoms with E-state index in [1.54, 1.807) is 30.1 Å². The van der Waals surface area contributed by atoms with Crippen molar-refractivity contribution in [3.8, 4) is 17.4 Å². The van der Waals surface area contributed by atoms with Gasteiger partial charge < -0.3 is 19.5 Å². The molecule has 0 aliphatic carbocycles. The van der Waals surface area contributed by atoms with Crippen molar-refractivity contribution in [3.05, 3.63) is 59.4 Å². The van der Waals surface area contributed by atoms with Crippen LogP contribution in [0.1, 0.15) is 34.6 Å². The van der Waals surface area contributed by atoms with Crippen molar-refractivity contribution in [2.24, 2.45) is 0 Å². The number of ether oxygens (including phenoxy) is 3. The summed E-state index contributed by atoms with van der Waals surface area (Å²) in [6.45, 7) is 5.41. The molecule has 0 saturated carbocycles. The molecular formula is C24H30N6O4. The Labute approximate surface area is 198 Å². The highest BCUT2D eigenvalue weighted by molar-refractivity contribution is 5.95. The summed E-state index contributed by atoms with van der Waals surface area (Å²) in [5.41, 5.74) is 2.41. The van der Waals surface area contributed by atoms with Gasteiger partial charge in [-0.05, 0) is 30.2 Å². The van der Waals surface area contributed by atoms with Gasteiger partial charge in [0.15, 0.2) is 5.82 Å². The number of methoxy groups -OCH3 is 2. The molecule has 0 radical (unpaired) electrons. The molecule has 3 heterocycles. The molecule has 1 aliphatic rings. The van der Waals surface area contributed by atoms with E-state index < -0.39 is 0 Å². The van der Waals surface area contributed by atoms with Crippen molar-refractivity contribution >= 4 is 5.91 Å². The fraction of sp³-hybridized carbons (Fsp3) is 0.417. The number of aromatic nitrogens is 4. The second-order valence-electron chi connectivity index (χ2n) is 7.85. The lowest BCUT2D eigenvalue weighted by atomic mass is 10.0. The molecule has 0 spiro atoms. The average molecular weight is 467 g/mol. The maximum Gasteiger partial charge on any atom is 0.254 e. The zero-order chi connectivity index (χ0) is 23.9. The molecule has 2 aromatic heterocycles. The normalized spacial score (nSPS) is 15.0. The fourth-order valence-electron chi connectivity index (χ4n) is 4.09. The summed E-state index contributed by atoms with van der Waals surface area (Å²) in [7, 11) is 3.19. The number of carbonyl (C=O) groups is 1. The standard InChI is InChI=1S/C24H30N6O4/c1-4-20-19(15-26-30(20)22-9-10-23(33-3)28-27-22)24(31)25-16-21(29-11-13-34-14-12-29)17-5-7-18(32-2)8-6-17/h5-10,15,21H,4,11-14,16H2,1-3H3,(H,25,31). The van der Waals surface area contributed by atoms with Crippen LogP contribution < -0.4 is 14.8 Å². The van der Waals surface area contributed by atoms with Gasteiger partial charge >= 0.3 is 0 Å². The largest absolute Gasteiger partial charge is 0.497 e. The fourth-order valence-corrected chi connectivity index (χ4v) is 4.09. The van der Waals surface area contributed by atoms with E-state index in [2.05, 4.69) is 25.5 Å². The highest BCUT2D eigenvalue weighted by Gasteiger charge is 2.25. The summed E-state index contributed by atoms with van der Waals surface area (Å²) in [5, 5.41) is 15.7. The number of amides is 1. The van der Waals surface area contributed by atoms with Crippen LogP contribution in [0.25, 0.3) is 5.82 Å². The van der Waals surface area contributed by atoms with Gasteiger partial charge in [0.1, 0.15) is 5.75 Å². The first kappa shape index (κ1) is 23.7. The van der Waals surface area contributed by atoms with Gasteiger partial charge in [-0.1, -0.05) is 19.1 Å². The summed E-state index contributed by atoms with van der Waals surface area (Å²) in [6, 6.07) is 11.5. The second kappa shape index (κ2) is 11.1. The Morgan fingerprint density at radius 1 is 1.09 bits per heavy atom. The third-order valence-electron chi connectivity index (χ3n) is 5.94. The Morgan fingerprint density at radius 3 is 2.47 bits per heavy atom. The van der Waals surface area contributed by atoms with Crippen LogP contribution in [0.4, 0.5) is 0 Å². The van der Waals surface area contributed by atoms with E-state index in [4.69, 9.17) is 14.2 Å². The van der Waals surface area contributed by atoms with E-state index in [-0.39, 0.29) is 11.9 Å². The number of benzene rings is 1. The number of rotatable bonds is 9. The van der Waals surface area contributed by atoms with Crippen LogP contribution in [0.15, 0.2) is 42.6 Å². The second-order valence-corrected chi connectivity index (χ2v) is 7.85. The molecular weight excluding hydrogens is 436 g/mol. The van der Waals surface area contributed by atoms with Gasteiger partial charge in [-0.25, -0.2) is 4.68 Å². The van der Waals surface area contributed by atoms with E-state index >= 15 is 0 Å². The van der Waals surface area contributed by atoms with Gasteiger partial charge in [-0.3, -0.25) is 9.69 Å². The maximum atomic E-state index is 13.2. The zero-order valence-corrected chi connectivity index (χ0v) is 19.7. The first-order valence-electron chi connectivity index (χ1n) is 11.3. The molecule has 1 fully saturated rings. The van der Waals surface area contributed by atoms with Crippen LogP contribution in [-0.4, -0.2) is 77.9 Å². The highest BCUT2D eigenvalue weighted by atomic mass is 16.5. The van der Waals surface area contributed by atoms with Crippen LogP contribution >= 0.6 is 0 Å². The zero-order valence-electron chi connectivity index (χ0n) is 19.7. The Balaban J connectivity index is 1.52. The smallest absolute Gasteiger partial charge is 0.254 e. The van der Waals surface area contributed by atoms with Crippen LogP contribution in [0.5, 0.6) is 11.6 Å². The summed E-state index contributed by atoms with van der Waals surface area (Å²) in [5.74, 6) is 1.58. The lowest BCUT2D eigenvalue weighted by Crippen LogP contribution is -2.43. The summed E-state index contributed by atoms with van der Waals surface area (Å²) in [4.78, 5) is 15.5. The van der Waals surface area contributed by atoms with Gasteiger partial charge in [-0.2, -0.15) is 5.10 Å². The van der Waals surface area contributed by atoms with Gasteiger partial charge in [0.05, 0.1) is 50.9 Å². The maximum absolute atomic E-state index is 13.2. The number of hydrogen-bond donors (Lipinski definition) is 1. The third kappa shape index (κ3) is 5.18. The topological polar surface area (TPSA) is 104 Å². The molecule has 1 unspecified atom stereocenters. The first-order chi connectivity index (χ1) is 16.6.